The molecule has 0 unspecified atom stereocenters. The highest BCUT2D eigenvalue weighted by Crippen LogP contribution is 2.16. The van der Waals surface area contributed by atoms with Crippen LogP contribution in [0.15, 0.2) is 76.5 Å². The van der Waals surface area contributed by atoms with Crippen LogP contribution in [0.2, 0.25) is 0 Å². The molecule has 0 fully saturated rings. The molecular weight excluding hydrogens is 364 g/mol. The Morgan fingerprint density at radius 3 is 2.62 bits per heavy atom. The summed E-state index contributed by atoms with van der Waals surface area (Å²) in [5, 5.41) is 6.74. The lowest BCUT2D eigenvalue weighted by Gasteiger charge is -2.14. The van der Waals surface area contributed by atoms with Crippen LogP contribution in [0, 0.1) is 0 Å². The first kappa shape index (κ1) is 20.5. The van der Waals surface area contributed by atoms with Crippen LogP contribution in [0.25, 0.3) is 0 Å². The van der Waals surface area contributed by atoms with Crippen molar-refractivity contribution in [3.8, 4) is 5.75 Å². The van der Waals surface area contributed by atoms with Crippen molar-refractivity contribution >= 4 is 11.6 Å². The molecule has 2 N–H and O–H groups in total. The number of nitrogens with one attached hydrogen (secondary N) is 2. The van der Waals surface area contributed by atoms with Gasteiger partial charge in [0.05, 0.1) is 12.4 Å². The number of pyridine rings is 1. The Hall–Kier alpha value is -3.28. The Bertz CT molecular complexity index is 860. The zero-order chi connectivity index (χ0) is 20.3. The summed E-state index contributed by atoms with van der Waals surface area (Å²) in [6.07, 6.45) is 5.22. The number of guanidine groups is 1. The fourth-order valence-electron chi connectivity index (χ4n) is 2.75. The average Bonchev–Trinajstić information content (AvgIpc) is 3.23. The Balaban J connectivity index is 1.59. The van der Waals surface area contributed by atoms with E-state index in [-0.39, 0.29) is 6.10 Å². The van der Waals surface area contributed by atoms with E-state index in [1.54, 1.807) is 6.26 Å². The quantitative estimate of drug-likeness (QED) is 0.419. The second-order valence-electron chi connectivity index (χ2n) is 6.87. The van der Waals surface area contributed by atoms with Crippen molar-refractivity contribution in [2.75, 3.05) is 18.4 Å². The Morgan fingerprint density at radius 1 is 1.07 bits per heavy atom. The van der Waals surface area contributed by atoms with Gasteiger partial charge in [0.1, 0.15) is 11.5 Å². The van der Waals surface area contributed by atoms with Crippen molar-refractivity contribution < 1.29 is 9.15 Å². The van der Waals surface area contributed by atoms with Gasteiger partial charge < -0.3 is 19.8 Å². The Morgan fingerprint density at radius 2 is 1.93 bits per heavy atom. The lowest BCUT2D eigenvalue weighted by Crippen LogP contribution is -2.33. The van der Waals surface area contributed by atoms with E-state index in [0.717, 1.165) is 48.2 Å². The van der Waals surface area contributed by atoms with Crippen LogP contribution in [0.5, 0.6) is 5.75 Å². The number of aromatic nitrogens is 1. The van der Waals surface area contributed by atoms with E-state index in [1.807, 2.05) is 74.6 Å². The fourth-order valence-corrected chi connectivity index (χ4v) is 2.75. The Labute approximate surface area is 172 Å². The number of ether oxygens (including phenoxy) is 1. The van der Waals surface area contributed by atoms with E-state index in [0.29, 0.717) is 6.54 Å². The zero-order valence-electron chi connectivity index (χ0n) is 17.0. The highest BCUT2D eigenvalue weighted by molar-refractivity contribution is 5.93. The van der Waals surface area contributed by atoms with Crippen LogP contribution in [0.4, 0.5) is 5.69 Å². The van der Waals surface area contributed by atoms with Crippen molar-refractivity contribution in [1.29, 1.82) is 0 Å². The molecule has 3 rings (SSSR count). The SMILES string of the molecule is CC(C)Oc1ccc(NC(=NCCc2ccco2)NCCc2ccccn2)cc1. The molecular formula is C23H28N4O2. The number of hydrogen-bond acceptors (Lipinski definition) is 4. The molecule has 0 atom stereocenters. The maximum Gasteiger partial charge on any atom is 0.195 e. The molecule has 0 amide bonds. The highest BCUT2D eigenvalue weighted by atomic mass is 16.5. The molecule has 29 heavy (non-hydrogen) atoms. The number of nitrogens with zero attached hydrogens (tertiary/aromatic N) is 2. The van der Waals surface area contributed by atoms with Crippen molar-refractivity contribution in [2.45, 2.75) is 32.8 Å². The molecule has 0 aliphatic rings. The molecule has 0 bridgehead atoms. The summed E-state index contributed by atoms with van der Waals surface area (Å²) < 4.78 is 11.1. The zero-order valence-corrected chi connectivity index (χ0v) is 17.0. The summed E-state index contributed by atoms with van der Waals surface area (Å²) in [5.74, 6) is 2.51. The van der Waals surface area contributed by atoms with Crippen molar-refractivity contribution in [1.82, 2.24) is 10.3 Å². The summed E-state index contributed by atoms with van der Waals surface area (Å²) in [5.41, 5.74) is 1.99. The number of hydrogen-bond donors (Lipinski definition) is 2. The molecule has 0 aliphatic carbocycles. The molecule has 0 saturated heterocycles. The van der Waals surface area contributed by atoms with E-state index in [1.165, 1.54) is 0 Å². The third-order valence-corrected chi connectivity index (χ3v) is 4.10. The van der Waals surface area contributed by atoms with Crippen LogP contribution >= 0.6 is 0 Å². The number of rotatable bonds is 9. The molecule has 6 heteroatoms. The average molecular weight is 393 g/mol. The third-order valence-electron chi connectivity index (χ3n) is 4.10. The normalized spacial score (nSPS) is 11.5. The summed E-state index contributed by atoms with van der Waals surface area (Å²) in [7, 11) is 0. The van der Waals surface area contributed by atoms with Crippen LogP contribution in [0.3, 0.4) is 0 Å². The molecule has 0 radical (unpaired) electrons. The van der Waals surface area contributed by atoms with Crippen LogP contribution in [0.1, 0.15) is 25.3 Å². The van der Waals surface area contributed by atoms with Crippen molar-refractivity contribution in [2.24, 2.45) is 4.99 Å². The number of aliphatic imine (C=N–C) groups is 1. The topological polar surface area (TPSA) is 71.7 Å². The highest BCUT2D eigenvalue weighted by Gasteiger charge is 2.03. The maximum absolute atomic E-state index is 5.70. The molecule has 0 aliphatic heterocycles. The molecule has 6 nitrogen and oxygen atoms in total. The lowest BCUT2D eigenvalue weighted by molar-refractivity contribution is 0.242. The van der Waals surface area contributed by atoms with Gasteiger partial charge in [0.15, 0.2) is 5.96 Å². The van der Waals surface area contributed by atoms with Gasteiger partial charge in [-0.15, -0.1) is 0 Å². The largest absolute Gasteiger partial charge is 0.491 e. The van der Waals surface area contributed by atoms with Gasteiger partial charge in [0.25, 0.3) is 0 Å². The summed E-state index contributed by atoms with van der Waals surface area (Å²) >= 11 is 0. The van der Waals surface area contributed by atoms with E-state index in [2.05, 4.69) is 20.6 Å². The smallest absolute Gasteiger partial charge is 0.195 e. The first-order valence-electron chi connectivity index (χ1n) is 9.93. The minimum atomic E-state index is 0.154. The third kappa shape index (κ3) is 7.33. The molecule has 3 aromatic rings. The first-order valence-corrected chi connectivity index (χ1v) is 9.93. The van der Waals surface area contributed by atoms with E-state index in [9.17, 15) is 0 Å². The van der Waals surface area contributed by atoms with E-state index < -0.39 is 0 Å². The lowest BCUT2D eigenvalue weighted by atomic mass is 10.3. The van der Waals surface area contributed by atoms with E-state index in [4.69, 9.17) is 9.15 Å². The van der Waals surface area contributed by atoms with Gasteiger partial charge >= 0.3 is 0 Å². The summed E-state index contributed by atoms with van der Waals surface area (Å²) in [6, 6.07) is 17.7. The van der Waals surface area contributed by atoms with Gasteiger partial charge in [-0.25, -0.2) is 0 Å². The molecule has 2 aromatic heterocycles. The standard InChI is InChI=1S/C23H28N4O2/c1-18(2)29-22-10-8-20(9-11-22)27-23(26-16-13-21-7-5-17-28-21)25-15-12-19-6-3-4-14-24-19/h3-11,14,17-18H,12-13,15-16H2,1-2H3,(H2,25,26,27). The van der Waals surface area contributed by atoms with Crippen LogP contribution in [-0.2, 0) is 12.8 Å². The minimum Gasteiger partial charge on any atom is -0.491 e. The number of anilines is 1. The van der Waals surface area contributed by atoms with Gasteiger partial charge in [-0.2, -0.15) is 0 Å². The fraction of sp³-hybridized carbons (Fsp3) is 0.304. The molecule has 0 saturated carbocycles. The number of furan rings is 1. The maximum atomic E-state index is 5.70. The first-order chi connectivity index (χ1) is 14.2. The van der Waals surface area contributed by atoms with Crippen LogP contribution < -0.4 is 15.4 Å². The van der Waals surface area contributed by atoms with Gasteiger partial charge in [-0.05, 0) is 62.4 Å². The van der Waals surface area contributed by atoms with Gasteiger partial charge in [0, 0.05) is 43.5 Å². The van der Waals surface area contributed by atoms with Gasteiger partial charge in [0.2, 0.25) is 0 Å². The number of benzene rings is 1. The second kappa shape index (κ2) is 10.9. The van der Waals surface area contributed by atoms with Crippen molar-refractivity contribution in [3.63, 3.8) is 0 Å². The minimum absolute atomic E-state index is 0.154. The van der Waals surface area contributed by atoms with E-state index >= 15 is 0 Å². The van der Waals surface area contributed by atoms with Crippen molar-refractivity contribution in [3.05, 3.63) is 78.5 Å². The summed E-state index contributed by atoms with van der Waals surface area (Å²) in [4.78, 5) is 9.04. The predicted molar refractivity (Wildman–Crippen MR) is 116 cm³/mol. The molecule has 0 spiro atoms. The molecule has 2 heterocycles. The van der Waals surface area contributed by atoms with Crippen LogP contribution in [-0.4, -0.2) is 30.1 Å². The second-order valence-corrected chi connectivity index (χ2v) is 6.87. The van der Waals surface area contributed by atoms with Gasteiger partial charge in [-0.1, -0.05) is 6.07 Å². The predicted octanol–water partition coefficient (Wildman–Crippen LogP) is 4.30. The monoisotopic (exact) mass is 392 g/mol. The van der Waals surface area contributed by atoms with Gasteiger partial charge in [-0.3, -0.25) is 9.98 Å². The molecule has 1 aromatic carbocycles. The summed E-state index contributed by atoms with van der Waals surface area (Å²) in [6.45, 7) is 5.39. The molecule has 152 valence electrons. The Kier molecular flexibility index (Phi) is 7.69.